The fraction of sp³-hybridized carbons (Fsp3) is 0.500. The number of hydrogen-bond donors (Lipinski definition) is 2. The lowest BCUT2D eigenvalue weighted by molar-refractivity contribution is 0.109. The summed E-state index contributed by atoms with van der Waals surface area (Å²) < 4.78 is 5.44. The zero-order valence-electron chi connectivity index (χ0n) is 12.4. The van der Waals surface area contributed by atoms with Gasteiger partial charge in [0.15, 0.2) is 5.82 Å². The van der Waals surface area contributed by atoms with E-state index in [0.29, 0.717) is 24.9 Å². The molecule has 7 heteroatoms. The molecule has 112 valence electrons. The first kappa shape index (κ1) is 14.4. The molecule has 0 radical (unpaired) electrons. The molecule has 0 saturated carbocycles. The predicted octanol–water partition coefficient (Wildman–Crippen LogP) is 2.26. The van der Waals surface area contributed by atoms with Crippen molar-refractivity contribution in [3.05, 3.63) is 21.6 Å². The van der Waals surface area contributed by atoms with E-state index in [1.54, 1.807) is 11.3 Å². The van der Waals surface area contributed by atoms with Crippen LogP contribution >= 0.6 is 11.3 Å². The third-order valence-corrected chi connectivity index (χ3v) is 4.60. The van der Waals surface area contributed by atoms with Crippen LogP contribution in [0.5, 0.6) is 0 Å². The first-order chi connectivity index (χ1) is 9.99. The second kappa shape index (κ2) is 5.32. The van der Waals surface area contributed by atoms with E-state index in [1.165, 1.54) is 0 Å². The number of hydrogen-bond acceptors (Lipinski definition) is 7. The topological polar surface area (TPSA) is 86.0 Å². The lowest BCUT2D eigenvalue weighted by atomic mass is 9.98. The summed E-state index contributed by atoms with van der Waals surface area (Å²) in [5, 5.41) is 3.08. The van der Waals surface area contributed by atoms with Crippen LogP contribution in [0.3, 0.4) is 0 Å². The van der Waals surface area contributed by atoms with Gasteiger partial charge in [-0.2, -0.15) is 0 Å². The van der Waals surface area contributed by atoms with Crippen molar-refractivity contribution in [2.45, 2.75) is 39.2 Å². The highest BCUT2D eigenvalue weighted by molar-refractivity contribution is 7.10. The summed E-state index contributed by atoms with van der Waals surface area (Å²) in [5.74, 6) is 6.83. The van der Waals surface area contributed by atoms with Crippen LogP contribution in [0.15, 0.2) is 5.38 Å². The van der Waals surface area contributed by atoms with Gasteiger partial charge >= 0.3 is 0 Å². The molecule has 0 amide bonds. The van der Waals surface area contributed by atoms with Crippen LogP contribution < -0.4 is 11.3 Å². The maximum absolute atomic E-state index is 5.58. The second-order valence-electron chi connectivity index (χ2n) is 6.06. The third kappa shape index (κ3) is 2.76. The van der Waals surface area contributed by atoms with Gasteiger partial charge in [0, 0.05) is 22.8 Å². The Bertz CT molecular complexity index is 645. The van der Waals surface area contributed by atoms with E-state index < -0.39 is 0 Å². The zero-order chi connectivity index (χ0) is 15.0. The van der Waals surface area contributed by atoms with Crippen LogP contribution in [0, 0.1) is 0 Å². The van der Waals surface area contributed by atoms with Gasteiger partial charge in [0.2, 0.25) is 0 Å². The highest BCUT2D eigenvalue weighted by Gasteiger charge is 2.22. The summed E-state index contributed by atoms with van der Waals surface area (Å²) in [6.45, 7) is 7.62. The summed E-state index contributed by atoms with van der Waals surface area (Å²) in [6.07, 6.45) is 0.774. The van der Waals surface area contributed by atoms with Crippen LogP contribution in [-0.2, 0) is 23.2 Å². The molecule has 0 fully saturated rings. The molecule has 0 spiro atoms. The first-order valence-corrected chi connectivity index (χ1v) is 7.77. The van der Waals surface area contributed by atoms with Crippen molar-refractivity contribution in [1.82, 2.24) is 15.0 Å². The quantitative estimate of drug-likeness (QED) is 0.654. The van der Waals surface area contributed by atoms with Gasteiger partial charge < -0.3 is 10.2 Å². The Kier molecular flexibility index (Phi) is 3.64. The fourth-order valence-corrected chi connectivity index (χ4v) is 3.07. The molecular weight excluding hydrogens is 286 g/mol. The Morgan fingerprint density at radius 2 is 2.10 bits per heavy atom. The van der Waals surface area contributed by atoms with Crippen molar-refractivity contribution in [3.63, 3.8) is 0 Å². The second-order valence-corrected chi connectivity index (χ2v) is 6.91. The fourth-order valence-electron chi connectivity index (χ4n) is 2.19. The molecule has 3 heterocycles. The summed E-state index contributed by atoms with van der Waals surface area (Å²) >= 11 is 1.63. The standard InChI is InChI=1S/C14H19N5OS/c1-14(2,3)13-17-10(7-21-13)12-16-9-4-5-20-6-8(9)11(18-12)19-15/h7H,4-6,15H2,1-3H3,(H,16,18,19). The average molecular weight is 305 g/mol. The Balaban J connectivity index is 2.04. The highest BCUT2D eigenvalue weighted by Crippen LogP contribution is 2.30. The van der Waals surface area contributed by atoms with Crippen molar-refractivity contribution in [3.8, 4) is 11.5 Å². The maximum atomic E-state index is 5.58. The molecule has 2 aromatic heterocycles. The molecule has 21 heavy (non-hydrogen) atoms. The number of nitrogens with one attached hydrogen (secondary N) is 1. The minimum atomic E-state index is 0.0277. The smallest absolute Gasteiger partial charge is 0.181 e. The number of nitrogen functional groups attached to an aromatic ring is 1. The Morgan fingerprint density at radius 3 is 2.76 bits per heavy atom. The van der Waals surface area contributed by atoms with E-state index in [4.69, 9.17) is 10.6 Å². The van der Waals surface area contributed by atoms with Crippen molar-refractivity contribution < 1.29 is 4.74 Å². The number of anilines is 1. The molecule has 3 N–H and O–H groups in total. The lowest BCUT2D eigenvalue weighted by Gasteiger charge is -2.18. The Hall–Kier alpha value is -1.57. The van der Waals surface area contributed by atoms with Gasteiger partial charge in [-0.1, -0.05) is 20.8 Å². The SMILES string of the molecule is CC(C)(C)c1nc(-c2nc3c(c(NN)n2)COCC3)cs1. The summed E-state index contributed by atoms with van der Waals surface area (Å²) in [6, 6.07) is 0. The highest BCUT2D eigenvalue weighted by atomic mass is 32.1. The molecule has 0 saturated heterocycles. The molecule has 0 atom stereocenters. The summed E-state index contributed by atoms with van der Waals surface area (Å²) in [5.41, 5.74) is 5.41. The summed E-state index contributed by atoms with van der Waals surface area (Å²) in [4.78, 5) is 13.8. The van der Waals surface area contributed by atoms with Gasteiger partial charge in [-0.05, 0) is 0 Å². The minimum absolute atomic E-state index is 0.0277. The number of thiazole rings is 1. The number of ether oxygens (including phenoxy) is 1. The van der Waals surface area contributed by atoms with E-state index in [1.807, 2.05) is 5.38 Å². The van der Waals surface area contributed by atoms with E-state index in [0.717, 1.165) is 28.4 Å². The number of hydrazine groups is 1. The molecule has 0 aromatic carbocycles. The maximum Gasteiger partial charge on any atom is 0.181 e. The van der Waals surface area contributed by atoms with Gasteiger partial charge in [-0.15, -0.1) is 11.3 Å². The van der Waals surface area contributed by atoms with Crippen molar-refractivity contribution >= 4 is 17.2 Å². The monoisotopic (exact) mass is 305 g/mol. The summed E-state index contributed by atoms with van der Waals surface area (Å²) in [7, 11) is 0. The molecule has 0 aliphatic carbocycles. The average Bonchev–Trinajstić information content (AvgIpc) is 2.96. The van der Waals surface area contributed by atoms with Crippen molar-refractivity contribution in [1.29, 1.82) is 0 Å². The van der Waals surface area contributed by atoms with Crippen LogP contribution in [0.2, 0.25) is 0 Å². The molecule has 0 bridgehead atoms. The molecular formula is C14H19N5OS. The van der Waals surface area contributed by atoms with Crippen LogP contribution in [-0.4, -0.2) is 21.6 Å². The predicted molar refractivity (Wildman–Crippen MR) is 83.0 cm³/mol. The van der Waals surface area contributed by atoms with E-state index in [9.17, 15) is 0 Å². The Morgan fingerprint density at radius 1 is 1.29 bits per heavy atom. The van der Waals surface area contributed by atoms with Crippen LogP contribution in [0.1, 0.15) is 37.0 Å². The number of aromatic nitrogens is 3. The molecule has 3 rings (SSSR count). The van der Waals surface area contributed by atoms with Gasteiger partial charge in [0.05, 0.1) is 23.9 Å². The van der Waals surface area contributed by atoms with E-state index in [-0.39, 0.29) is 5.41 Å². The van der Waals surface area contributed by atoms with Crippen LogP contribution in [0.25, 0.3) is 11.5 Å². The first-order valence-electron chi connectivity index (χ1n) is 6.89. The van der Waals surface area contributed by atoms with Crippen molar-refractivity contribution in [2.24, 2.45) is 5.84 Å². The van der Waals surface area contributed by atoms with E-state index >= 15 is 0 Å². The van der Waals surface area contributed by atoms with Crippen LogP contribution in [0.4, 0.5) is 5.82 Å². The molecule has 1 aliphatic heterocycles. The van der Waals surface area contributed by atoms with Gasteiger partial charge in [0.1, 0.15) is 11.5 Å². The number of fused-ring (bicyclic) bond motifs is 1. The van der Waals surface area contributed by atoms with Gasteiger partial charge in [0.25, 0.3) is 0 Å². The zero-order valence-corrected chi connectivity index (χ0v) is 13.3. The molecule has 6 nitrogen and oxygen atoms in total. The van der Waals surface area contributed by atoms with Gasteiger partial charge in [-0.25, -0.2) is 20.8 Å². The lowest BCUT2D eigenvalue weighted by Crippen LogP contribution is -2.19. The number of nitrogens with zero attached hydrogens (tertiary/aromatic N) is 3. The molecule has 0 unspecified atom stereocenters. The largest absolute Gasteiger partial charge is 0.376 e. The van der Waals surface area contributed by atoms with Gasteiger partial charge in [-0.3, -0.25) is 0 Å². The number of nitrogens with two attached hydrogens (primary N) is 1. The molecule has 2 aromatic rings. The molecule has 1 aliphatic rings. The van der Waals surface area contributed by atoms with E-state index in [2.05, 4.69) is 41.1 Å². The Labute approximate surface area is 127 Å². The third-order valence-electron chi connectivity index (χ3n) is 3.33. The minimum Gasteiger partial charge on any atom is -0.376 e. The normalized spacial score (nSPS) is 14.9. The van der Waals surface area contributed by atoms with Crippen molar-refractivity contribution in [2.75, 3.05) is 12.0 Å². The number of rotatable bonds is 2.